The number of rotatable bonds is 4. The second kappa shape index (κ2) is 6.04. The van der Waals surface area contributed by atoms with Crippen molar-refractivity contribution in [3.05, 3.63) is 29.8 Å². The Balaban J connectivity index is 1.79. The third kappa shape index (κ3) is 4.34. The molecule has 1 aliphatic rings. The molecule has 20 heavy (non-hydrogen) atoms. The number of amides is 1. The van der Waals surface area contributed by atoms with Crippen molar-refractivity contribution in [2.45, 2.75) is 12.8 Å². The van der Waals surface area contributed by atoms with E-state index in [2.05, 4.69) is 10.5 Å². The van der Waals surface area contributed by atoms with Crippen LogP contribution in [-0.2, 0) is 14.6 Å². The molecule has 1 heterocycles. The summed E-state index contributed by atoms with van der Waals surface area (Å²) in [6.07, 6.45) is 2.17. The third-order valence-electron chi connectivity index (χ3n) is 3.10. The summed E-state index contributed by atoms with van der Waals surface area (Å²) in [6.45, 7) is 0. The Morgan fingerprint density at radius 3 is 2.70 bits per heavy atom. The Bertz CT molecular complexity index is 608. The third-order valence-corrected chi connectivity index (χ3v) is 4.93. The van der Waals surface area contributed by atoms with E-state index in [0.717, 1.165) is 5.56 Å². The first-order valence-electron chi connectivity index (χ1n) is 6.26. The minimum atomic E-state index is -2.95. The van der Waals surface area contributed by atoms with E-state index in [9.17, 15) is 13.2 Å². The molecule has 1 atom stereocenters. The van der Waals surface area contributed by atoms with Crippen molar-refractivity contribution < 1.29 is 18.3 Å². The van der Waals surface area contributed by atoms with Gasteiger partial charge in [0.05, 0.1) is 17.7 Å². The summed E-state index contributed by atoms with van der Waals surface area (Å²) in [7, 11) is -2.95. The molecule has 108 valence electrons. The number of nitrogens with one attached hydrogen (secondary N) is 1. The minimum absolute atomic E-state index is 0.0854. The summed E-state index contributed by atoms with van der Waals surface area (Å²) >= 11 is 0. The maximum absolute atomic E-state index is 11.6. The van der Waals surface area contributed by atoms with Gasteiger partial charge in [-0.05, 0) is 42.2 Å². The van der Waals surface area contributed by atoms with E-state index in [-0.39, 0.29) is 35.5 Å². The quantitative estimate of drug-likeness (QED) is 0.630. The molecule has 0 spiro atoms. The molecule has 1 amide bonds. The summed E-state index contributed by atoms with van der Waals surface area (Å²) in [4.78, 5) is 11.6. The standard InChI is InChI=1S/C13H16N2O4S/c16-12-3-1-10(2-4-12)8-14-15-13(17)7-11-5-6-20(18,19)9-11/h1-4,8,11,16H,5-7,9H2,(H,15,17)/b14-8+/t11-/m0/s1. The van der Waals surface area contributed by atoms with Crippen molar-refractivity contribution in [1.82, 2.24) is 5.43 Å². The number of carbonyl (C=O) groups is 1. The van der Waals surface area contributed by atoms with Gasteiger partial charge in [-0.3, -0.25) is 4.79 Å². The second-order valence-corrected chi connectivity index (χ2v) is 7.09. The lowest BCUT2D eigenvalue weighted by molar-refractivity contribution is -0.121. The molecule has 7 heteroatoms. The van der Waals surface area contributed by atoms with E-state index in [1.54, 1.807) is 12.1 Å². The van der Waals surface area contributed by atoms with Crippen molar-refractivity contribution in [3.63, 3.8) is 0 Å². The zero-order valence-electron chi connectivity index (χ0n) is 10.8. The highest BCUT2D eigenvalue weighted by molar-refractivity contribution is 7.91. The number of aromatic hydroxyl groups is 1. The molecule has 0 aromatic heterocycles. The zero-order valence-corrected chi connectivity index (χ0v) is 11.6. The minimum Gasteiger partial charge on any atom is -0.508 e. The van der Waals surface area contributed by atoms with Crippen LogP contribution in [0.5, 0.6) is 5.75 Å². The number of hydrazone groups is 1. The van der Waals surface area contributed by atoms with Gasteiger partial charge in [0.25, 0.3) is 0 Å². The van der Waals surface area contributed by atoms with Crippen LogP contribution >= 0.6 is 0 Å². The Morgan fingerprint density at radius 1 is 1.40 bits per heavy atom. The number of hydrogen-bond donors (Lipinski definition) is 2. The Kier molecular flexibility index (Phi) is 4.39. The number of nitrogens with zero attached hydrogens (tertiary/aromatic N) is 1. The molecule has 1 aromatic rings. The second-order valence-electron chi connectivity index (χ2n) is 4.86. The van der Waals surface area contributed by atoms with Gasteiger partial charge in [0.15, 0.2) is 9.84 Å². The zero-order chi connectivity index (χ0) is 14.6. The predicted molar refractivity (Wildman–Crippen MR) is 75.2 cm³/mol. The first-order valence-corrected chi connectivity index (χ1v) is 8.08. The van der Waals surface area contributed by atoms with E-state index >= 15 is 0 Å². The lowest BCUT2D eigenvalue weighted by atomic mass is 10.1. The number of carbonyl (C=O) groups excluding carboxylic acids is 1. The van der Waals surface area contributed by atoms with Gasteiger partial charge in [-0.1, -0.05) is 0 Å². The monoisotopic (exact) mass is 296 g/mol. The van der Waals surface area contributed by atoms with E-state index in [4.69, 9.17) is 5.11 Å². The van der Waals surface area contributed by atoms with E-state index in [0.29, 0.717) is 6.42 Å². The van der Waals surface area contributed by atoms with Gasteiger partial charge >= 0.3 is 0 Å². The smallest absolute Gasteiger partial charge is 0.240 e. The first-order chi connectivity index (χ1) is 9.44. The van der Waals surface area contributed by atoms with Gasteiger partial charge < -0.3 is 5.11 Å². The number of hydrogen-bond acceptors (Lipinski definition) is 5. The molecule has 0 unspecified atom stereocenters. The molecule has 1 aliphatic heterocycles. The summed E-state index contributed by atoms with van der Waals surface area (Å²) in [5.41, 5.74) is 3.12. The number of phenols is 1. The topological polar surface area (TPSA) is 95.8 Å². The highest BCUT2D eigenvalue weighted by Crippen LogP contribution is 2.21. The Hall–Kier alpha value is -1.89. The molecular formula is C13H16N2O4S. The van der Waals surface area contributed by atoms with Crippen molar-refractivity contribution in [2.24, 2.45) is 11.0 Å². The molecule has 6 nitrogen and oxygen atoms in total. The van der Waals surface area contributed by atoms with Crippen LogP contribution in [0.1, 0.15) is 18.4 Å². The molecule has 1 fully saturated rings. The van der Waals surface area contributed by atoms with Crippen LogP contribution in [-0.4, -0.2) is 37.2 Å². The van der Waals surface area contributed by atoms with Crippen molar-refractivity contribution in [1.29, 1.82) is 0 Å². The van der Waals surface area contributed by atoms with Crippen LogP contribution in [0.3, 0.4) is 0 Å². The van der Waals surface area contributed by atoms with E-state index in [1.807, 2.05) is 0 Å². The van der Waals surface area contributed by atoms with Crippen LogP contribution in [0.2, 0.25) is 0 Å². The fourth-order valence-corrected chi connectivity index (χ4v) is 3.94. The number of benzene rings is 1. The average Bonchev–Trinajstić information content (AvgIpc) is 2.71. The Morgan fingerprint density at radius 2 is 2.10 bits per heavy atom. The summed E-state index contributed by atoms with van der Waals surface area (Å²) in [6, 6.07) is 6.36. The van der Waals surface area contributed by atoms with Crippen LogP contribution in [0, 0.1) is 5.92 Å². The van der Waals surface area contributed by atoms with Crippen LogP contribution in [0.4, 0.5) is 0 Å². The van der Waals surface area contributed by atoms with Gasteiger partial charge in [-0.2, -0.15) is 5.10 Å². The van der Waals surface area contributed by atoms with Crippen LogP contribution < -0.4 is 5.43 Å². The lowest BCUT2D eigenvalue weighted by Gasteiger charge is -2.05. The molecule has 0 saturated carbocycles. The SMILES string of the molecule is O=C(C[C@@H]1CCS(=O)(=O)C1)N/N=C/c1ccc(O)cc1. The highest BCUT2D eigenvalue weighted by Gasteiger charge is 2.29. The van der Waals surface area contributed by atoms with Gasteiger partial charge in [0, 0.05) is 6.42 Å². The largest absolute Gasteiger partial charge is 0.508 e. The summed E-state index contributed by atoms with van der Waals surface area (Å²) in [5, 5.41) is 12.9. The Labute approximate surface area is 117 Å². The molecule has 1 aromatic carbocycles. The van der Waals surface area contributed by atoms with Gasteiger partial charge in [0.1, 0.15) is 5.75 Å². The fourth-order valence-electron chi connectivity index (χ4n) is 2.08. The molecule has 0 aliphatic carbocycles. The molecule has 1 saturated heterocycles. The molecule has 2 N–H and O–H groups in total. The molecular weight excluding hydrogens is 280 g/mol. The fraction of sp³-hybridized carbons (Fsp3) is 0.385. The van der Waals surface area contributed by atoms with Crippen LogP contribution in [0.15, 0.2) is 29.4 Å². The highest BCUT2D eigenvalue weighted by atomic mass is 32.2. The van der Waals surface area contributed by atoms with Gasteiger partial charge in [0.2, 0.25) is 5.91 Å². The van der Waals surface area contributed by atoms with E-state index < -0.39 is 9.84 Å². The number of sulfone groups is 1. The predicted octanol–water partition coefficient (Wildman–Crippen LogP) is 0.667. The maximum atomic E-state index is 11.6. The normalized spacial score (nSPS) is 21.1. The molecule has 2 rings (SSSR count). The molecule has 0 radical (unpaired) electrons. The summed E-state index contributed by atoms with van der Waals surface area (Å²) < 4.78 is 22.5. The maximum Gasteiger partial charge on any atom is 0.240 e. The average molecular weight is 296 g/mol. The lowest BCUT2D eigenvalue weighted by Crippen LogP contribution is -2.21. The summed E-state index contributed by atoms with van der Waals surface area (Å²) in [5.74, 6) is 0.0173. The molecule has 0 bridgehead atoms. The number of phenolic OH excluding ortho intramolecular Hbond substituents is 1. The first kappa shape index (κ1) is 14.5. The van der Waals surface area contributed by atoms with Crippen molar-refractivity contribution in [3.8, 4) is 5.75 Å². The van der Waals surface area contributed by atoms with Crippen LogP contribution in [0.25, 0.3) is 0 Å². The van der Waals surface area contributed by atoms with Crippen molar-refractivity contribution >= 4 is 22.0 Å². The van der Waals surface area contributed by atoms with E-state index in [1.165, 1.54) is 18.3 Å². The van der Waals surface area contributed by atoms with Gasteiger partial charge in [-0.25, -0.2) is 13.8 Å². The van der Waals surface area contributed by atoms with Gasteiger partial charge in [-0.15, -0.1) is 0 Å². The van der Waals surface area contributed by atoms with Crippen molar-refractivity contribution in [2.75, 3.05) is 11.5 Å².